The summed E-state index contributed by atoms with van der Waals surface area (Å²) >= 11 is 0. The molecule has 2 rings (SSSR count). The monoisotopic (exact) mass is 201 g/mol. The highest BCUT2D eigenvalue weighted by Gasteiger charge is 2.10. The van der Waals surface area contributed by atoms with Crippen LogP contribution in [0.1, 0.15) is 5.56 Å². The lowest BCUT2D eigenvalue weighted by Crippen LogP contribution is -2.35. The molecular weight excluding hydrogens is 188 g/mol. The quantitative estimate of drug-likeness (QED) is 0.702. The number of methoxy groups -OCH3 is 1. The standard InChI is InChI=1S/C12H13N2O/c1-15-12-9-13-7-8-14(12)10-11-5-3-2-4-6-11/h2-9H,10H2,1H3/q+1. The number of rotatable bonds is 3. The number of hydrogen-bond acceptors (Lipinski definition) is 2. The molecule has 0 atom stereocenters. The van der Waals surface area contributed by atoms with Crippen LogP contribution >= 0.6 is 0 Å². The summed E-state index contributed by atoms with van der Waals surface area (Å²) in [5, 5.41) is 0. The molecule has 3 heteroatoms. The van der Waals surface area contributed by atoms with Gasteiger partial charge in [0.15, 0.2) is 12.7 Å². The molecular formula is C12H13N2O+. The molecule has 2 aromatic rings. The van der Waals surface area contributed by atoms with E-state index in [0.29, 0.717) is 0 Å². The topological polar surface area (TPSA) is 26.0 Å². The van der Waals surface area contributed by atoms with Gasteiger partial charge in [0.1, 0.15) is 6.20 Å². The number of nitrogens with zero attached hydrogens (tertiary/aromatic N) is 2. The third-order valence-corrected chi connectivity index (χ3v) is 2.21. The second-order valence-corrected chi connectivity index (χ2v) is 3.23. The molecule has 3 nitrogen and oxygen atoms in total. The van der Waals surface area contributed by atoms with E-state index in [9.17, 15) is 0 Å². The van der Waals surface area contributed by atoms with Gasteiger partial charge in [-0.3, -0.25) is 0 Å². The summed E-state index contributed by atoms with van der Waals surface area (Å²) in [7, 11) is 1.65. The summed E-state index contributed by atoms with van der Waals surface area (Å²) in [4.78, 5) is 4.01. The maximum atomic E-state index is 5.22. The summed E-state index contributed by atoms with van der Waals surface area (Å²) in [6.07, 6.45) is 5.38. The van der Waals surface area contributed by atoms with Gasteiger partial charge in [0.25, 0.3) is 0 Å². The van der Waals surface area contributed by atoms with Crippen molar-refractivity contribution in [3.8, 4) is 5.88 Å². The molecule has 0 N–H and O–H groups in total. The number of aromatic nitrogens is 2. The van der Waals surface area contributed by atoms with Crippen LogP contribution < -0.4 is 9.30 Å². The van der Waals surface area contributed by atoms with E-state index >= 15 is 0 Å². The lowest BCUT2D eigenvalue weighted by atomic mass is 10.2. The first-order valence-corrected chi connectivity index (χ1v) is 4.81. The number of hydrogen-bond donors (Lipinski definition) is 0. The van der Waals surface area contributed by atoms with Crippen molar-refractivity contribution in [2.45, 2.75) is 6.54 Å². The van der Waals surface area contributed by atoms with Gasteiger partial charge in [-0.2, -0.15) is 4.57 Å². The van der Waals surface area contributed by atoms with Crippen molar-refractivity contribution in [3.05, 3.63) is 54.5 Å². The van der Waals surface area contributed by atoms with E-state index in [0.717, 1.165) is 12.4 Å². The van der Waals surface area contributed by atoms with Crippen LogP contribution in [0, 0.1) is 0 Å². The van der Waals surface area contributed by atoms with Crippen LogP contribution in [0.3, 0.4) is 0 Å². The average molecular weight is 201 g/mol. The summed E-state index contributed by atoms with van der Waals surface area (Å²) in [6.45, 7) is 0.798. The molecule has 0 aliphatic heterocycles. The normalized spacial score (nSPS) is 9.93. The van der Waals surface area contributed by atoms with E-state index in [1.165, 1.54) is 5.56 Å². The summed E-state index contributed by atoms with van der Waals surface area (Å²) in [5.74, 6) is 0.765. The molecule has 0 fully saturated rings. The molecule has 0 unspecified atom stereocenters. The van der Waals surface area contributed by atoms with Crippen LogP contribution in [0.15, 0.2) is 48.9 Å². The number of ether oxygens (including phenoxy) is 1. The minimum atomic E-state index is 0.765. The predicted molar refractivity (Wildman–Crippen MR) is 56.5 cm³/mol. The first-order chi connectivity index (χ1) is 7.40. The van der Waals surface area contributed by atoms with Crippen LogP contribution in [-0.2, 0) is 6.54 Å². The lowest BCUT2D eigenvalue weighted by Gasteiger charge is -2.01. The van der Waals surface area contributed by atoms with Crippen molar-refractivity contribution in [3.63, 3.8) is 0 Å². The van der Waals surface area contributed by atoms with Crippen LogP contribution in [0.25, 0.3) is 0 Å². The fraction of sp³-hybridized carbons (Fsp3) is 0.167. The third kappa shape index (κ3) is 2.31. The van der Waals surface area contributed by atoms with Crippen LogP contribution in [0.5, 0.6) is 5.88 Å². The molecule has 1 heterocycles. The number of benzene rings is 1. The van der Waals surface area contributed by atoms with Gasteiger partial charge >= 0.3 is 5.88 Å². The molecule has 0 radical (unpaired) electrons. The van der Waals surface area contributed by atoms with Crippen molar-refractivity contribution in [1.29, 1.82) is 0 Å². The molecule has 1 aromatic carbocycles. The second kappa shape index (κ2) is 4.55. The molecule has 0 saturated heterocycles. The Kier molecular flexibility index (Phi) is 2.93. The van der Waals surface area contributed by atoms with E-state index in [4.69, 9.17) is 4.74 Å². The van der Waals surface area contributed by atoms with Crippen LogP contribution in [0.2, 0.25) is 0 Å². The van der Waals surface area contributed by atoms with E-state index in [1.54, 1.807) is 19.5 Å². The smallest absolute Gasteiger partial charge is 0.386 e. The van der Waals surface area contributed by atoms with Gasteiger partial charge < -0.3 is 4.74 Å². The Labute approximate surface area is 89.0 Å². The largest absolute Gasteiger partial charge is 0.447 e. The highest BCUT2D eigenvalue weighted by Crippen LogP contribution is 2.02. The predicted octanol–water partition coefficient (Wildman–Crippen LogP) is 1.43. The van der Waals surface area contributed by atoms with Gasteiger partial charge in [-0.25, -0.2) is 4.98 Å². The Morgan fingerprint density at radius 2 is 2.07 bits per heavy atom. The van der Waals surface area contributed by atoms with E-state index < -0.39 is 0 Å². The Balaban J connectivity index is 2.24. The Morgan fingerprint density at radius 1 is 1.27 bits per heavy atom. The minimum Gasteiger partial charge on any atom is -0.447 e. The summed E-state index contributed by atoms with van der Waals surface area (Å²) < 4.78 is 7.23. The highest BCUT2D eigenvalue weighted by molar-refractivity contribution is 5.13. The fourth-order valence-corrected chi connectivity index (χ4v) is 1.45. The van der Waals surface area contributed by atoms with Crippen LogP contribution in [0.4, 0.5) is 0 Å². The highest BCUT2D eigenvalue weighted by atomic mass is 16.5. The van der Waals surface area contributed by atoms with Gasteiger partial charge in [0.05, 0.1) is 13.3 Å². The van der Waals surface area contributed by atoms with Gasteiger partial charge in [-0.15, -0.1) is 0 Å². The molecule has 15 heavy (non-hydrogen) atoms. The molecule has 0 aliphatic rings. The SMILES string of the molecule is COc1cncc[n+]1Cc1ccccc1. The zero-order valence-corrected chi connectivity index (χ0v) is 8.63. The zero-order valence-electron chi connectivity index (χ0n) is 8.63. The maximum Gasteiger partial charge on any atom is 0.386 e. The van der Waals surface area contributed by atoms with Gasteiger partial charge in [-0.1, -0.05) is 30.3 Å². The first-order valence-electron chi connectivity index (χ1n) is 4.81. The Hall–Kier alpha value is -1.90. The van der Waals surface area contributed by atoms with Crippen molar-refractivity contribution >= 4 is 0 Å². The van der Waals surface area contributed by atoms with Gasteiger partial charge in [-0.05, 0) is 0 Å². The fourth-order valence-electron chi connectivity index (χ4n) is 1.45. The zero-order chi connectivity index (χ0) is 10.5. The third-order valence-electron chi connectivity index (χ3n) is 2.21. The molecule has 0 amide bonds. The second-order valence-electron chi connectivity index (χ2n) is 3.23. The molecule has 76 valence electrons. The van der Waals surface area contributed by atoms with Crippen molar-refractivity contribution in [1.82, 2.24) is 4.98 Å². The van der Waals surface area contributed by atoms with Gasteiger partial charge in [0, 0.05) is 5.56 Å². The van der Waals surface area contributed by atoms with Crippen LogP contribution in [-0.4, -0.2) is 12.1 Å². The lowest BCUT2D eigenvalue weighted by molar-refractivity contribution is -0.693. The molecule has 0 bridgehead atoms. The Morgan fingerprint density at radius 3 is 2.80 bits per heavy atom. The van der Waals surface area contributed by atoms with Crippen molar-refractivity contribution in [2.75, 3.05) is 7.11 Å². The minimum absolute atomic E-state index is 0.765. The first kappa shape index (κ1) is 9.65. The van der Waals surface area contributed by atoms with E-state index in [2.05, 4.69) is 17.1 Å². The van der Waals surface area contributed by atoms with Crippen molar-refractivity contribution < 1.29 is 9.30 Å². The molecule has 1 aromatic heterocycles. The van der Waals surface area contributed by atoms with Gasteiger partial charge in [0.2, 0.25) is 0 Å². The summed E-state index contributed by atoms with van der Waals surface area (Å²) in [6, 6.07) is 10.3. The Bertz CT molecular complexity index is 429. The molecule has 0 spiro atoms. The average Bonchev–Trinajstić information content (AvgIpc) is 2.31. The molecule has 0 aliphatic carbocycles. The van der Waals surface area contributed by atoms with E-state index in [-0.39, 0.29) is 0 Å². The molecule has 0 saturated carbocycles. The maximum absolute atomic E-state index is 5.22. The summed E-state index contributed by atoms with van der Waals surface area (Å²) in [5.41, 5.74) is 1.24. The van der Waals surface area contributed by atoms with E-state index in [1.807, 2.05) is 29.0 Å². The van der Waals surface area contributed by atoms with Crippen molar-refractivity contribution in [2.24, 2.45) is 0 Å².